The Morgan fingerprint density at radius 1 is 1.09 bits per heavy atom. The quantitative estimate of drug-likeness (QED) is 0.246. The van der Waals surface area contributed by atoms with Crippen molar-refractivity contribution in [1.29, 1.82) is 0 Å². The fourth-order valence-corrected chi connectivity index (χ4v) is 5.94. The zero-order valence-electron chi connectivity index (χ0n) is 20.4. The number of fused-ring (bicyclic) bond motifs is 1. The Balaban J connectivity index is 2.10. The predicted molar refractivity (Wildman–Crippen MR) is 135 cm³/mol. The van der Waals surface area contributed by atoms with Gasteiger partial charge in [0.25, 0.3) is 5.78 Å². The van der Waals surface area contributed by atoms with Crippen LogP contribution < -0.4 is 4.90 Å². The summed E-state index contributed by atoms with van der Waals surface area (Å²) in [5.74, 6) is -3.74. The van der Waals surface area contributed by atoms with Gasteiger partial charge in [-0.1, -0.05) is 55.1 Å². The van der Waals surface area contributed by atoms with E-state index in [2.05, 4.69) is 6.58 Å². The number of ether oxygens (including phenoxy) is 2. The minimum atomic E-state index is -2.29. The second-order valence-corrected chi connectivity index (χ2v) is 13.9. The Bertz CT molecular complexity index is 1200. The molecular formula is C27H29NO6Si. The topological polar surface area (TPSA) is 82.1 Å². The number of amides is 1. The van der Waals surface area contributed by atoms with Crippen LogP contribution in [0.3, 0.4) is 0 Å². The van der Waals surface area contributed by atoms with Gasteiger partial charge in [0, 0.05) is 11.3 Å². The van der Waals surface area contributed by atoms with Gasteiger partial charge in [-0.05, 0) is 44.8 Å². The molecule has 0 aliphatic carbocycles. The van der Waals surface area contributed by atoms with Gasteiger partial charge in [0.1, 0.15) is 5.76 Å². The molecule has 0 bridgehead atoms. The number of hydrogen-bond donors (Lipinski definition) is 0. The van der Waals surface area contributed by atoms with Crippen molar-refractivity contribution in [2.45, 2.75) is 44.3 Å². The molecule has 0 radical (unpaired) electrons. The molecule has 2 aliphatic rings. The third-order valence-corrected chi connectivity index (χ3v) is 6.84. The highest BCUT2D eigenvalue weighted by Crippen LogP contribution is 2.52. The van der Waals surface area contributed by atoms with Crippen molar-refractivity contribution >= 4 is 37.4 Å². The number of carbonyl (C=O) groups is 3. The lowest BCUT2D eigenvalue weighted by Gasteiger charge is -2.48. The molecule has 0 unspecified atom stereocenters. The van der Waals surface area contributed by atoms with Crippen LogP contribution >= 0.6 is 0 Å². The van der Waals surface area contributed by atoms with E-state index in [4.69, 9.17) is 13.9 Å². The highest BCUT2D eigenvalue weighted by Gasteiger charge is 2.68. The predicted octanol–water partition coefficient (Wildman–Crippen LogP) is 4.47. The molecule has 0 spiro atoms. The monoisotopic (exact) mass is 491 g/mol. The lowest BCUT2D eigenvalue weighted by atomic mass is 9.78. The highest BCUT2D eigenvalue weighted by atomic mass is 28.4. The molecule has 2 heterocycles. The standard InChI is InChI=1S/C27H29NO6Si/c1-6-26(34-35(3,4)5)18-27(25(31)32-7-2)21(23(33-26)19-14-10-8-11-15-19)22(29)24(30)28(27)20-16-12-9-13-17-20/h6,8-17H,1,7,18H2,2-5H3/t26-,27-/m1/s1. The molecule has 1 saturated heterocycles. The van der Waals surface area contributed by atoms with Gasteiger partial charge in [-0.15, -0.1) is 0 Å². The van der Waals surface area contributed by atoms with Gasteiger partial charge in [-0.25, -0.2) is 4.79 Å². The molecule has 35 heavy (non-hydrogen) atoms. The van der Waals surface area contributed by atoms with Gasteiger partial charge in [0.2, 0.25) is 5.79 Å². The summed E-state index contributed by atoms with van der Waals surface area (Å²) in [6.45, 7) is 11.7. The number of benzene rings is 2. The molecule has 2 aromatic carbocycles. The van der Waals surface area contributed by atoms with E-state index in [1.807, 2.05) is 25.7 Å². The summed E-state index contributed by atoms with van der Waals surface area (Å²) < 4.78 is 18.4. The lowest BCUT2D eigenvalue weighted by Crippen LogP contribution is -2.62. The maximum absolute atomic E-state index is 13.9. The summed E-state index contributed by atoms with van der Waals surface area (Å²) in [6.07, 6.45) is 1.33. The molecule has 1 fully saturated rings. The molecule has 2 atom stereocenters. The SMILES string of the molecule is C=C[C@@]1(O[Si](C)(C)C)C[C@]2(C(=O)OCC)C(=C(c3ccccc3)O1)C(=O)C(=O)N2c1ccccc1. The molecule has 0 N–H and O–H groups in total. The fraction of sp³-hybridized carbons (Fsp3) is 0.296. The van der Waals surface area contributed by atoms with E-state index in [0.717, 1.165) is 0 Å². The summed E-state index contributed by atoms with van der Waals surface area (Å²) in [5, 5.41) is 0. The van der Waals surface area contributed by atoms with Crippen molar-refractivity contribution < 1.29 is 28.3 Å². The van der Waals surface area contributed by atoms with Crippen LogP contribution in [0.4, 0.5) is 5.69 Å². The summed E-state index contributed by atoms with van der Waals surface area (Å²) in [7, 11) is -2.29. The molecule has 182 valence electrons. The molecule has 2 aromatic rings. The van der Waals surface area contributed by atoms with Gasteiger partial charge in [-0.2, -0.15) is 0 Å². The Hall–Kier alpha value is -3.49. The van der Waals surface area contributed by atoms with Crippen molar-refractivity contribution in [3.05, 3.63) is 84.5 Å². The summed E-state index contributed by atoms with van der Waals surface area (Å²) in [4.78, 5) is 42.3. The van der Waals surface area contributed by atoms with Gasteiger partial charge in [0.05, 0.1) is 18.6 Å². The van der Waals surface area contributed by atoms with Gasteiger partial charge in [-0.3, -0.25) is 14.5 Å². The van der Waals surface area contributed by atoms with Gasteiger partial charge >= 0.3 is 11.9 Å². The van der Waals surface area contributed by atoms with Crippen molar-refractivity contribution in [3.8, 4) is 0 Å². The minimum absolute atomic E-state index is 0.0485. The second-order valence-electron chi connectivity index (χ2n) is 9.47. The van der Waals surface area contributed by atoms with Crippen LogP contribution in [0, 0.1) is 0 Å². The molecule has 1 amide bonds. The molecule has 0 saturated carbocycles. The Morgan fingerprint density at radius 2 is 1.69 bits per heavy atom. The largest absolute Gasteiger partial charge is 0.464 e. The lowest BCUT2D eigenvalue weighted by molar-refractivity contribution is -0.161. The van der Waals surface area contributed by atoms with Crippen LogP contribution in [0.15, 0.2) is 78.9 Å². The number of anilines is 1. The fourth-order valence-electron chi connectivity index (χ4n) is 4.71. The number of carbonyl (C=O) groups excluding carboxylic acids is 3. The number of Topliss-reactive ketones (excluding diaryl/α,β-unsaturated/α-hetero) is 1. The number of nitrogens with zero attached hydrogens (tertiary/aromatic N) is 1. The molecule has 7 nitrogen and oxygen atoms in total. The van der Waals surface area contributed by atoms with E-state index in [0.29, 0.717) is 11.3 Å². The highest BCUT2D eigenvalue weighted by molar-refractivity contribution is 6.69. The van der Waals surface area contributed by atoms with Crippen molar-refractivity contribution in [1.82, 2.24) is 0 Å². The van der Waals surface area contributed by atoms with E-state index < -0.39 is 37.3 Å². The molecule has 0 aromatic heterocycles. The average Bonchev–Trinajstić information content (AvgIpc) is 3.06. The Kier molecular flexibility index (Phi) is 6.29. The van der Waals surface area contributed by atoms with Gasteiger partial charge in [0.15, 0.2) is 13.9 Å². The van der Waals surface area contributed by atoms with Crippen molar-refractivity contribution in [2.24, 2.45) is 0 Å². The minimum Gasteiger partial charge on any atom is -0.464 e. The number of para-hydroxylation sites is 1. The third-order valence-electron chi connectivity index (χ3n) is 5.88. The first kappa shape index (κ1) is 24.6. The van der Waals surface area contributed by atoms with Crippen LogP contribution in [0.25, 0.3) is 5.76 Å². The van der Waals surface area contributed by atoms with E-state index in [1.165, 1.54) is 11.0 Å². The molecule has 4 rings (SSSR count). The van der Waals surface area contributed by atoms with Crippen LogP contribution in [0.5, 0.6) is 0 Å². The first-order valence-corrected chi connectivity index (χ1v) is 14.9. The van der Waals surface area contributed by atoms with Crippen LogP contribution in [-0.4, -0.2) is 43.9 Å². The van der Waals surface area contributed by atoms with Crippen LogP contribution in [-0.2, 0) is 28.3 Å². The third kappa shape index (κ3) is 4.13. The summed E-state index contributed by atoms with van der Waals surface area (Å²) >= 11 is 0. The number of hydrogen-bond acceptors (Lipinski definition) is 6. The Labute approximate surface area is 206 Å². The van der Waals surface area contributed by atoms with E-state index in [1.54, 1.807) is 61.5 Å². The number of rotatable bonds is 7. The normalized spacial score (nSPS) is 24.2. The smallest absolute Gasteiger partial charge is 0.337 e. The van der Waals surface area contributed by atoms with E-state index >= 15 is 0 Å². The first-order chi connectivity index (χ1) is 16.6. The second kappa shape index (κ2) is 8.94. The summed E-state index contributed by atoms with van der Waals surface area (Å²) in [5.41, 5.74) is -0.915. The van der Waals surface area contributed by atoms with Crippen molar-refractivity contribution in [2.75, 3.05) is 11.5 Å². The summed E-state index contributed by atoms with van der Waals surface area (Å²) in [6, 6.07) is 17.6. The molecule has 8 heteroatoms. The Morgan fingerprint density at radius 3 is 2.23 bits per heavy atom. The zero-order valence-corrected chi connectivity index (χ0v) is 21.4. The molecule has 2 aliphatic heterocycles. The first-order valence-electron chi connectivity index (χ1n) is 11.5. The van der Waals surface area contributed by atoms with Crippen molar-refractivity contribution in [3.63, 3.8) is 0 Å². The maximum atomic E-state index is 13.9. The number of esters is 1. The van der Waals surface area contributed by atoms with E-state index in [-0.39, 0.29) is 24.4 Å². The van der Waals surface area contributed by atoms with E-state index in [9.17, 15) is 14.4 Å². The molecular weight excluding hydrogens is 462 g/mol. The zero-order chi connectivity index (χ0) is 25.4. The van der Waals surface area contributed by atoms with Crippen LogP contribution in [0.2, 0.25) is 19.6 Å². The number of ketones is 1. The average molecular weight is 492 g/mol. The van der Waals surface area contributed by atoms with Crippen LogP contribution in [0.1, 0.15) is 18.9 Å². The maximum Gasteiger partial charge on any atom is 0.337 e. The van der Waals surface area contributed by atoms with Gasteiger partial charge < -0.3 is 13.9 Å².